The summed E-state index contributed by atoms with van der Waals surface area (Å²) < 4.78 is 0. The fourth-order valence-electron chi connectivity index (χ4n) is 3.37. The zero-order valence-corrected chi connectivity index (χ0v) is 19.0. The van der Waals surface area contributed by atoms with Gasteiger partial charge in [0.1, 0.15) is 6.04 Å². The van der Waals surface area contributed by atoms with Crippen LogP contribution in [0.2, 0.25) is 10.0 Å². The van der Waals surface area contributed by atoms with Crippen LogP contribution in [0.4, 0.5) is 0 Å². The normalized spacial score (nSPS) is 17.7. The minimum absolute atomic E-state index is 0.211. The second-order valence-corrected chi connectivity index (χ2v) is 8.40. The van der Waals surface area contributed by atoms with Gasteiger partial charge < -0.3 is 0 Å². The van der Waals surface area contributed by atoms with Crippen molar-refractivity contribution < 1.29 is 0 Å². The summed E-state index contributed by atoms with van der Waals surface area (Å²) in [6.45, 7) is 1.44. The Morgan fingerprint density at radius 3 is 1.94 bits per heavy atom. The molecule has 0 bridgehead atoms. The van der Waals surface area contributed by atoms with Crippen molar-refractivity contribution in [3.05, 3.63) is 118 Å². The lowest BCUT2D eigenvalue weighted by Crippen LogP contribution is -2.15. The highest BCUT2D eigenvalue weighted by Crippen LogP contribution is 2.19. The second kappa shape index (κ2) is 11.1. The maximum absolute atomic E-state index is 5.99. The monoisotopic (exact) mass is 462 g/mol. The van der Waals surface area contributed by atoms with Gasteiger partial charge in [-0.3, -0.25) is 10.3 Å². The van der Waals surface area contributed by atoms with Crippen LogP contribution in [-0.4, -0.2) is 24.3 Å². The van der Waals surface area contributed by atoms with Crippen molar-refractivity contribution in [1.29, 1.82) is 0 Å². The number of halogens is 2. The largest absolute Gasteiger partial charge is 0.290 e. The summed E-state index contributed by atoms with van der Waals surface area (Å²) in [5, 5.41) is 16.0. The SMILES string of the molecule is Clc1ccc(C=CC(C=Cc2ccc(Cl)cc2)N=NN2CNC(c3ccccc3)C2)cc1. The van der Waals surface area contributed by atoms with Crippen LogP contribution in [-0.2, 0) is 0 Å². The van der Waals surface area contributed by atoms with Gasteiger partial charge in [0.15, 0.2) is 0 Å². The third kappa shape index (κ3) is 6.54. The van der Waals surface area contributed by atoms with E-state index in [1.807, 2.05) is 83.9 Å². The van der Waals surface area contributed by atoms with Crippen molar-refractivity contribution >= 4 is 35.4 Å². The molecule has 1 N–H and O–H groups in total. The molecule has 1 aliphatic rings. The molecule has 1 aliphatic heterocycles. The van der Waals surface area contributed by atoms with Gasteiger partial charge in [-0.05, 0) is 41.0 Å². The van der Waals surface area contributed by atoms with Crippen molar-refractivity contribution in [3.8, 4) is 0 Å². The molecule has 0 amide bonds. The van der Waals surface area contributed by atoms with Crippen molar-refractivity contribution in [2.24, 2.45) is 10.3 Å². The van der Waals surface area contributed by atoms with E-state index in [2.05, 4.69) is 39.9 Å². The summed E-state index contributed by atoms with van der Waals surface area (Å²) in [5.74, 6) is 0. The van der Waals surface area contributed by atoms with E-state index < -0.39 is 0 Å². The number of hydrogen-bond acceptors (Lipinski definition) is 3. The van der Waals surface area contributed by atoms with Gasteiger partial charge in [0.25, 0.3) is 0 Å². The Morgan fingerprint density at radius 1 is 0.812 bits per heavy atom. The van der Waals surface area contributed by atoms with E-state index in [4.69, 9.17) is 23.2 Å². The standard InChI is InChI=1S/C26H24Cl2N4/c27-23-12-6-20(7-13-23)10-16-25(17-11-21-8-14-24(28)15-9-21)30-31-32-18-26(29-19-32)22-4-2-1-3-5-22/h1-17,25-26,29H,18-19H2. The van der Waals surface area contributed by atoms with E-state index in [0.717, 1.165) is 27.7 Å². The minimum atomic E-state index is -0.211. The van der Waals surface area contributed by atoms with Crippen LogP contribution in [0.3, 0.4) is 0 Å². The second-order valence-electron chi connectivity index (χ2n) is 7.53. The molecule has 4 nitrogen and oxygen atoms in total. The summed E-state index contributed by atoms with van der Waals surface area (Å²) >= 11 is 12.0. The Morgan fingerprint density at radius 2 is 1.38 bits per heavy atom. The molecule has 1 heterocycles. The molecule has 0 spiro atoms. The van der Waals surface area contributed by atoms with E-state index in [1.54, 1.807) is 0 Å². The Kier molecular flexibility index (Phi) is 7.73. The lowest BCUT2D eigenvalue weighted by molar-refractivity contribution is 0.320. The van der Waals surface area contributed by atoms with E-state index >= 15 is 0 Å². The van der Waals surface area contributed by atoms with Crippen molar-refractivity contribution in [2.75, 3.05) is 13.2 Å². The number of benzene rings is 3. The topological polar surface area (TPSA) is 40.0 Å². The first-order chi connectivity index (χ1) is 15.7. The molecule has 3 aromatic rings. The van der Waals surface area contributed by atoms with E-state index in [9.17, 15) is 0 Å². The summed E-state index contributed by atoms with van der Waals surface area (Å²) in [7, 11) is 0. The molecule has 162 valence electrons. The molecule has 6 heteroatoms. The molecule has 1 unspecified atom stereocenters. The van der Waals surface area contributed by atoms with Gasteiger partial charge in [0, 0.05) is 10.0 Å². The summed E-state index contributed by atoms with van der Waals surface area (Å²) in [5.41, 5.74) is 3.37. The van der Waals surface area contributed by atoms with Gasteiger partial charge >= 0.3 is 0 Å². The molecule has 1 saturated heterocycles. The van der Waals surface area contributed by atoms with Crippen LogP contribution >= 0.6 is 23.2 Å². The van der Waals surface area contributed by atoms with Gasteiger partial charge in [-0.2, -0.15) is 5.11 Å². The third-order valence-electron chi connectivity index (χ3n) is 5.14. The molecule has 0 radical (unpaired) electrons. The van der Waals surface area contributed by atoms with Crippen LogP contribution in [0.5, 0.6) is 0 Å². The molecular formula is C26H24Cl2N4. The van der Waals surface area contributed by atoms with E-state index in [1.165, 1.54) is 5.56 Å². The van der Waals surface area contributed by atoms with Gasteiger partial charge in [0.2, 0.25) is 0 Å². The number of rotatable bonds is 7. The Labute approximate surface area is 198 Å². The zero-order chi connectivity index (χ0) is 22.2. The maximum atomic E-state index is 5.99. The van der Waals surface area contributed by atoms with Crippen LogP contribution in [0.1, 0.15) is 22.7 Å². The molecular weight excluding hydrogens is 439 g/mol. The van der Waals surface area contributed by atoms with Crippen molar-refractivity contribution in [1.82, 2.24) is 10.3 Å². The lowest BCUT2D eigenvalue weighted by atomic mass is 10.1. The van der Waals surface area contributed by atoms with Crippen LogP contribution in [0.25, 0.3) is 12.2 Å². The van der Waals surface area contributed by atoms with Crippen LogP contribution in [0, 0.1) is 0 Å². The fraction of sp³-hybridized carbons (Fsp3) is 0.154. The molecule has 32 heavy (non-hydrogen) atoms. The first-order valence-electron chi connectivity index (χ1n) is 10.5. The smallest absolute Gasteiger partial charge is 0.110 e. The highest BCUT2D eigenvalue weighted by molar-refractivity contribution is 6.30. The third-order valence-corrected chi connectivity index (χ3v) is 5.64. The van der Waals surface area contributed by atoms with Gasteiger partial charge in [-0.15, -0.1) is 0 Å². The van der Waals surface area contributed by atoms with E-state index in [-0.39, 0.29) is 12.1 Å². The average Bonchev–Trinajstić information content (AvgIpc) is 3.30. The Hall–Kier alpha value is -2.92. The first kappa shape index (κ1) is 22.3. The number of hydrogen-bond donors (Lipinski definition) is 1. The van der Waals surface area contributed by atoms with Crippen molar-refractivity contribution in [2.45, 2.75) is 12.1 Å². The predicted molar refractivity (Wildman–Crippen MR) is 134 cm³/mol. The first-order valence-corrected chi connectivity index (χ1v) is 11.2. The number of nitrogens with zero attached hydrogens (tertiary/aromatic N) is 3. The minimum Gasteiger partial charge on any atom is -0.290 e. The van der Waals surface area contributed by atoms with Crippen molar-refractivity contribution in [3.63, 3.8) is 0 Å². The lowest BCUT2D eigenvalue weighted by Gasteiger charge is -2.11. The summed E-state index contributed by atoms with van der Waals surface area (Å²) in [4.78, 5) is 0. The van der Waals surface area contributed by atoms with E-state index in [0.29, 0.717) is 6.67 Å². The fourth-order valence-corrected chi connectivity index (χ4v) is 3.63. The highest BCUT2D eigenvalue weighted by Gasteiger charge is 2.22. The number of nitrogens with one attached hydrogen (secondary N) is 1. The average molecular weight is 463 g/mol. The zero-order valence-electron chi connectivity index (χ0n) is 17.5. The molecule has 4 rings (SSSR count). The summed E-state index contributed by atoms with van der Waals surface area (Å²) in [6.07, 6.45) is 8.11. The molecule has 1 atom stereocenters. The van der Waals surface area contributed by atoms with Crippen LogP contribution < -0.4 is 5.32 Å². The Bertz CT molecular complexity index is 1020. The predicted octanol–water partition coefficient (Wildman–Crippen LogP) is 7.06. The Balaban J connectivity index is 1.46. The van der Waals surface area contributed by atoms with Gasteiger partial charge in [0.05, 0.1) is 19.3 Å². The van der Waals surface area contributed by atoms with Gasteiger partial charge in [-0.25, -0.2) is 0 Å². The molecule has 3 aromatic carbocycles. The van der Waals surface area contributed by atoms with Gasteiger partial charge in [-0.1, -0.05) is 107 Å². The molecule has 0 saturated carbocycles. The highest BCUT2D eigenvalue weighted by atomic mass is 35.5. The molecule has 0 aromatic heterocycles. The maximum Gasteiger partial charge on any atom is 0.110 e. The molecule has 0 aliphatic carbocycles. The van der Waals surface area contributed by atoms with Crippen LogP contribution in [0.15, 0.2) is 101 Å². The molecule has 1 fully saturated rings. The summed E-state index contributed by atoms with van der Waals surface area (Å²) in [6, 6.07) is 25.9. The quantitative estimate of drug-likeness (QED) is 0.381.